The first kappa shape index (κ1) is 23.3. The van der Waals surface area contributed by atoms with E-state index in [-0.39, 0.29) is 5.82 Å². The van der Waals surface area contributed by atoms with Crippen molar-refractivity contribution in [1.29, 1.82) is 0 Å². The Morgan fingerprint density at radius 1 is 1.09 bits per heavy atom. The van der Waals surface area contributed by atoms with Crippen molar-refractivity contribution in [2.24, 2.45) is 11.8 Å². The highest BCUT2D eigenvalue weighted by atomic mass is 19.1. The van der Waals surface area contributed by atoms with Crippen molar-refractivity contribution in [3.8, 4) is 0 Å². The number of halogens is 1. The molecule has 2 aromatic rings. The van der Waals surface area contributed by atoms with Crippen molar-refractivity contribution in [3.05, 3.63) is 53.1 Å². The third kappa shape index (κ3) is 4.95. The summed E-state index contributed by atoms with van der Waals surface area (Å²) in [4.78, 5) is 14.8. The van der Waals surface area contributed by atoms with E-state index in [0.29, 0.717) is 35.9 Å². The molecule has 7 heteroatoms. The van der Waals surface area contributed by atoms with E-state index in [1.165, 1.54) is 29.7 Å². The molecule has 0 bridgehead atoms. The Bertz CT molecular complexity index is 1030. The number of nitrogens with zero attached hydrogens (tertiary/aromatic N) is 4. The molecule has 3 fully saturated rings. The molecule has 6 rings (SSSR count). The molecule has 0 radical (unpaired) electrons. The number of ether oxygens (including phenoxy) is 1. The first-order valence-corrected chi connectivity index (χ1v) is 13.4. The number of likely N-dealkylation sites (N-methyl/N-ethyl adjacent to an activating group) is 1. The van der Waals surface area contributed by atoms with E-state index in [0.717, 1.165) is 58.1 Å². The summed E-state index contributed by atoms with van der Waals surface area (Å²) in [7, 11) is 2.21. The molecule has 4 heterocycles. The van der Waals surface area contributed by atoms with Gasteiger partial charge in [-0.3, -0.25) is 4.90 Å². The monoisotopic (exact) mass is 479 g/mol. The lowest BCUT2D eigenvalue weighted by Gasteiger charge is -2.39. The highest BCUT2D eigenvalue weighted by Crippen LogP contribution is 2.51. The molecule has 6 nitrogen and oxygen atoms in total. The fraction of sp³-hybridized carbons (Fsp3) is 0.643. The number of nitrogens with one attached hydrogen (secondary N) is 1. The Labute approximate surface area is 208 Å². The van der Waals surface area contributed by atoms with E-state index in [9.17, 15) is 4.39 Å². The van der Waals surface area contributed by atoms with Crippen LogP contribution in [0, 0.1) is 17.7 Å². The average molecular weight is 480 g/mol. The van der Waals surface area contributed by atoms with Gasteiger partial charge in [0.1, 0.15) is 5.82 Å². The van der Waals surface area contributed by atoms with E-state index >= 15 is 0 Å². The molecule has 1 aliphatic carbocycles. The second-order valence-electron chi connectivity index (χ2n) is 11.3. The lowest BCUT2D eigenvalue weighted by atomic mass is 9.77. The second kappa shape index (κ2) is 9.75. The number of rotatable bonds is 5. The van der Waals surface area contributed by atoms with E-state index < -0.39 is 0 Å². The summed E-state index contributed by atoms with van der Waals surface area (Å²) in [5.41, 5.74) is 3.78. The number of anilines is 1. The van der Waals surface area contributed by atoms with Crippen molar-refractivity contribution >= 4 is 5.95 Å². The summed E-state index contributed by atoms with van der Waals surface area (Å²) in [6.07, 6.45) is 7.58. The van der Waals surface area contributed by atoms with Crippen LogP contribution in [-0.2, 0) is 17.7 Å². The summed E-state index contributed by atoms with van der Waals surface area (Å²) in [5, 5.41) is 3.54. The quantitative estimate of drug-likeness (QED) is 0.698. The Kier molecular flexibility index (Phi) is 6.50. The summed E-state index contributed by atoms with van der Waals surface area (Å²) < 4.78 is 19.1. The number of hydrogen-bond acceptors (Lipinski definition) is 6. The minimum absolute atomic E-state index is 0.146. The lowest BCUT2D eigenvalue weighted by Crippen LogP contribution is -2.43. The van der Waals surface area contributed by atoms with Crippen molar-refractivity contribution in [3.63, 3.8) is 0 Å². The Morgan fingerprint density at radius 2 is 1.89 bits per heavy atom. The molecule has 2 saturated heterocycles. The zero-order valence-electron chi connectivity index (χ0n) is 21.0. The third-order valence-corrected chi connectivity index (χ3v) is 8.87. The van der Waals surface area contributed by atoms with Crippen molar-refractivity contribution in [2.45, 2.75) is 69.6 Å². The van der Waals surface area contributed by atoms with E-state index in [2.05, 4.69) is 34.1 Å². The zero-order valence-corrected chi connectivity index (χ0v) is 21.0. The van der Waals surface area contributed by atoms with E-state index in [1.54, 1.807) is 12.1 Å². The normalized spacial score (nSPS) is 32.3. The first-order chi connectivity index (χ1) is 17.0. The largest absolute Gasteiger partial charge is 0.381 e. The van der Waals surface area contributed by atoms with Crippen LogP contribution in [0.1, 0.15) is 55.3 Å². The standard InChI is InChI=1S/C28H38FN5O/c1-18-13-20-15-30-28(31-22-8-11-35-12-9-22)32-26(20)17-34(18)27-14-24(27)23-7-10-33(2)16-25(23)19-3-5-21(29)6-4-19/h3-6,15,18,22-25,27H,7-14,16-17H2,1-2H3,(H,30,31,32)/t18-,23-,24?,25-,27?/m1/s1. The van der Waals surface area contributed by atoms with Gasteiger partial charge in [-0.15, -0.1) is 0 Å². The molecular weight excluding hydrogens is 441 g/mol. The van der Waals surface area contributed by atoms with Crippen LogP contribution in [0.2, 0.25) is 0 Å². The molecule has 35 heavy (non-hydrogen) atoms. The van der Waals surface area contributed by atoms with Gasteiger partial charge < -0.3 is 15.0 Å². The number of aromatic nitrogens is 2. The SMILES string of the molecule is C[C@@H]1Cc2cnc(NC3CCOCC3)nc2CN1C1CC1[C@H]1CCN(C)C[C@@H]1c1ccc(F)cc1. The van der Waals surface area contributed by atoms with Gasteiger partial charge in [-0.1, -0.05) is 12.1 Å². The van der Waals surface area contributed by atoms with Crippen LogP contribution in [-0.4, -0.2) is 71.2 Å². The van der Waals surface area contributed by atoms with Crippen molar-refractivity contribution in [1.82, 2.24) is 19.8 Å². The first-order valence-electron chi connectivity index (χ1n) is 13.4. The summed E-state index contributed by atoms with van der Waals surface area (Å²) in [5.74, 6) is 2.47. The van der Waals surface area contributed by atoms with Crippen LogP contribution in [0.25, 0.3) is 0 Å². The fourth-order valence-corrected chi connectivity index (χ4v) is 6.80. The second-order valence-corrected chi connectivity index (χ2v) is 11.3. The number of piperidine rings is 1. The summed E-state index contributed by atoms with van der Waals surface area (Å²) >= 11 is 0. The molecule has 4 aliphatic rings. The molecule has 0 amide bonds. The Morgan fingerprint density at radius 3 is 2.69 bits per heavy atom. The summed E-state index contributed by atoms with van der Waals surface area (Å²) in [6.45, 7) is 7.11. The van der Waals surface area contributed by atoms with Gasteiger partial charge in [0.25, 0.3) is 0 Å². The van der Waals surface area contributed by atoms with Gasteiger partial charge in [-0.2, -0.15) is 0 Å². The predicted molar refractivity (Wildman–Crippen MR) is 135 cm³/mol. The van der Waals surface area contributed by atoms with Gasteiger partial charge >= 0.3 is 0 Å². The molecule has 1 saturated carbocycles. The Balaban J connectivity index is 1.15. The van der Waals surface area contributed by atoms with Crippen LogP contribution in [0.5, 0.6) is 0 Å². The number of benzene rings is 1. The lowest BCUT2D eigenvalue weighted by molar-refractivity contribution is 0.0902. The maximum atomic E-state index is 13.6. The topological polar surface area (TPSA) is 53.5 Å². The maximum Gasteiger partial charge on any atom is 0.223 e. The third-order valence-electron chi connectivity index (χ3n) is 8.87. The van der Waals surface area contributed by atoms with Crippen LogP contribution in [0.3, 0.4) is 0 Å². The van der Waals surface area contributed by atoms with E-state index in [1.807, 2.05) is 18.3 Å². The van der Waals surface area contributed by atoms with Crippen LogP contribution < -0.4 is 5.32 Å². The number of hydrogen-bond donors (Lipinski definition) is 1. The van der Waals surface area contributed by atoms with E-state index in [4.69, 9.17) is 9.72 Å². The van der Waals surface area contributed by atoms with Gasteiger partial charge in [-0.25, -0.2) is 14.4 Å². The average Bonchev–Trinajstić information content (AvgIpc) is 3.65. The molecule has 1 N–H and O–H groups in total. The van der Waals surface area contributed by atoms with Gasteiger partial charge in [0.15, 0.2) is 0 Å². The van der Waals surface area contributed by atoms with Gasteiger partial charge in [0.2, 0.25) is 5.95 Å². The maximum absolute atomic E-state index is 13.6. The Hall–Kier alpha value is -2.09. The molecular formula is C28H38FN5O. The number of likely N-dealkylation sites (tertiary alicyclic amines) is 1. The molecule has 3 aliphatic heterocycles. The van der Waals surface area contributed by atoms with Crippen LogP contribution >= 0.6 is 0 Å². The van der Waals surface area contributed by atoms with Crippen molar-refractivity contribution in [2.75, 3.05) is 38.7 Å². The molecule has 1 aromatic heterocycles. The molecule has 188 valence electrons. The minimum Gasteiger partial charge on any atom is -0.381 e. The van der Waals surface area contributed by atoms with Gasteiger partial charge in [-0.05, 0) is 93.6 Å². The van der Waals surface area contributed by atoms with Gasteiger partial charge in [0.05, 0.1) is 5.69 Å². The molecule has 5 atom stereocenters. The van der Waals surface area contributed by atoms with Crippen LogP contribution in [0.4, 0.5) is 10.3 Å². The summed E-state index contributed by atoms with van der Waals surface area (Å²) in [6, 6.07) is 8.80. The van der Waals surface area contributed by atoms with Crippen molar-refractivity contribution < 1.29 is 9.13 Å². The van der Waals surface area contributed by atoms with Gasteiger partial charge in [0, 0.05) is 50.6 Å². The molecule has 0 spiro atoms. The molecule has 1 aromatic carbocycles. The minimum atomic E-state index is -0.146. The highest BCUT2D eigenvalue weighted by Gasteiger charge is 2.51. The smallest absolute Gasteiger partial charge is 0.223 e. The molecule has 2 unspecified atom stereocenters. The highest BCUT2D eigenvalue weighted by molar-refractivity contribution is 5.33. The fourth-order valence-electron chi connectivity index (χ4n) is 6.80. The zero-order chi connectivity index (χ0) is 23.9. The number of fused-ring (bicyclic) bond motifs is 1. The van der Waals surface area contributed by atoms with Crippen LogP contribution in [0.15, 0.2) is 30.5 Å². The predicted octanol–water partition coefficient (Wildman–Crippen LogP) is 4.08.